The average Bonchev–Trinajstić information content (AvgIpc) is 3.28. The molecule has 2 aromatic heterocycles. The Morgan fingerprint density at radius 1 is 1.35 bits per heavy atom. The molecule has 124 valence electrons. The minimum Gasteiger partial charge on any atom is -0.378 e. The lowest BCUT2D eigenvalue weighted by atomic mass is 9.96. The van der Waals surface area contributed by atoms with Crippen molar-refractivity contribution in [2.24, 2.45) is 5.92 Å². The van der Waals surface area contributed by atoms with Crippen molar-refractivity contribution in [1.29, 1.82) is 0 Å². The summed E-state index contributed by atoms with van der Waals surface area (Å²) < 4.78 is 11.2. The quantitative estimate of drug-likeness (QED) is 0.924. The number of nitrogens with zero attached hydrogens (tertiary/aromatic N) is 3. The summed E-state index contributed by atoms with van der Waals surface area (Å²) in [7, 11) is 0. The maximum Gasteiger partial charge on any atom is 0.246 e. The van der Waals surface area contributed by atoms with Gasteiger partial charge in [0.2, 0.25) is 11.7 Å². The van der Waals surface area contributed by atoms with Crippen LogP contribution in [-0.2, 0) is 4.74 Å². The Hall–Kier alpha value is -1.28. The normalized spacial score (nSPS) is 24.1. The van der Waals surface area contributed by atoms with Crippen LogP contribution in [0, 0.1) is 5.92 Å². The van der Waals surface area contributed by atoms with Gasteiger partial charge in [0, 0.05) is 13.1 Å². The summed E-state index contributed by atoms with van der Waals surface area (Å²) in [4.78, 5) is 8.13. The van der Waals surface area contributed by atoms with E-state index in [0.717, 1.165) is 43.6 Å². The summed E-state index contributed by atoms with van der Waals surface area (Å²) in [5.41, 5.74) is 0. The van der Waals surface area contributed by atoms with E-state index in [1.54, 1.807) is 11.3 Å². The molecule has 0 radical (unpaired) electrons. The third kappa shape index (κ3) is 3.47. The smallest absolute Gasteiger partial charge is 0.246 e. The molecule has 4 heterocycles. The van der Waals surface area contributed by atoms with Gasteiger partial charge in [0.1, 0.15) is 6.04 Å². The van der Waals surface area contributed by atoms with Gasteiger partial charge in [-0.25, -0.2) is 0 Å². The fourth-order valence-corrected chi connectivity index (χ4v) is 4.01. The molecule has 2 aliphatic rings. The molecule has 6 nitrogen and oxygen atoms in total. The lowest BCUT2D eigenvalue weighted by Crippen LogP contribution is -2.44. The van der Waals surface area contributed by atoms with Crippen molar-refractivity contribution >= 4 is 11.3 Å². The number of piperidine rings is 1. The van der Waals surface area contributed by atoms with Crippen LogP contribution in [-0.4, -0.2) is 54.4 Å². The van der Waals surface area contributed by atoms with Crippen LogP contribution < -0.4 is 5.32 Å². The van der Waals surface area contributed by atoms with Crippen molar-refractivity contribution < 1.29 is 9.26 Å². The summed E-state index contributed by atoms with van der Waals surface area (Å²) in [6, 6.07) is 4.10. The number of morpholine rings is 1. The molecule has 4 rings (SSSR count). The number of nitrogens with one attached hydrogen (secondary N) is 1. The molecule has 1 N–H and O–H groups in total. The maximum absolute atomic E-state index is 5.68. The van der Waals surface area contributed by atoms with Crippen LogP contribution >= 0.6 is 11.3 Å². The minimum absolute atomic E-state index is 0.0832. The van der Waals surface area contributed by atoms with Gasteiger partial charge in [-0.15, -0.1) is 11.3 Å². The highest BCUT2D eigenvalue weighted by molar-refractivity contribution is 7.13. The van der Waals surface area contributed by atoms with Gasteiger partial charge in [-0.05, 0) is 43.3 Å². The molecule has 0 aliphatic carbocycles. The van der Waals surface area contributed by atoms with Crippen LogP contribution in [0.5, 0.6) is 0 Å². The Balaban J connectivity index is 1.48. The molecule has 23 heavy (non-hydrogen) atoms. The topological polar surface area (TPSA) is 63.4 Å². The Kier molecular flexibility index (Phi) is 4.70. The molecule has 7 heteroatoms. The van der Waals surface area contributed by atoms with E-state index in [-0.39, 0.29) is 6.04 Å². The van der Waals surface area contributed by atoms with Gasteiger partial charge in [-0.3, -0.25) is 4.90 Å². The second-order valence-electron chi connectivity index (χ2n) is 6.21. The van der Waals surface area contributed by atoms with Crippen molar-refractivity contribution in [1.82, 2.24) is 20.4 Å². The van der Waals surface area contributed by atoms with Gasteiger partial charge in [0.05, 0.1) is 18.1 Å². The van der Waals surface area contributed by atoms with Crippen LogP contribution in [0.3, 0.4) is 0 Å². The molecule has 2 aliphatic heterocycles. The standard InChI is InChI=1S/C16H22N4O2S/c1-2-14(23-9-1)15-18-16(22-19-15)13-11-21-8-7-20(13)10-12-3-5-17-6-4-12/h1-2,9,12-13,17H,3-8,10-11H2. The lowest BCUT2D eigenvalue weighted by molar-refractivity contribution is -0.0282. The van der Waals surface area contributed by atoms with Crippen LogP contribution in [0.25, 0.3) is 10.7 Å². The highest BCUT2D eigenvalue weighted by atomic mass is 32.1. The molecule has 1 unspecified atom stereocenters. The van der Waals surface area contributed by atoms with E-state index in [0.29, 0.717) is 18.3 Å². The summed E-state index contributed by atoms with van der Waals surface area (Å²) in [6.07, 6.45) is 2.49. The molecule has 0 aromatic carbocycles. The summed E-state index contributed by atoms with van der Waals surface area (Å²) in [5.74, 6) is 2.11. The number of rotatable bonds is 4. The first-order valence-electron chi connectivity index (χ1n) is 8.30. The van der Waals surface area contributed by atoms with Gasteiger partial charge in [-0.1, -0.05) is 11.2 Å². The molecule has 0 saturated carbocycles. The van der Waals surface area contributed by atoms with Crippen molar-refractivity contribution in [3.63, 3.8) is 0 Å². The van der Waals surface area contributed by atoms with Crippen molar-refractivity contribution in [2.75, 3.05) is 39.4 Å². The SMILES string of the molecule is c1csc(-c2noc(C3COCCN3CC3CCNCC3)n2)c1. The molecular formula is C16H22N4O2S. The largest absolute Gasteiger partial charge is 0.378 e. The number of hydrogen-bond acceptors (Lipinski definition) is 7. The zero-order valence-corrected chi connectivity index (χ0v) is 13.9. The van der Waals surface area contributed by atoms with Crippen LogP contribution in [0.15, 0.2) is 22.0 Å². The zero-order valence-electron chi connectivity index (χ0n) is 13.1. The molecule has 0 spiro atoms. The first-order valence-corrected chi connectivity index (χ1v) is 9.18. The third-order valence-electron chi connectivity index (χ3n) is 4.66. The second-order valence-corrected chi connectivity index (χ2v) is 7.16. The summed E-state index contributed by atoms with van der Waals surface area (Å²) in [5, 5.41) is 9.60. The summed E-state index contributed by atoms with van der Waals surface area (Å²) in [6.45, 7) is 5.70. The fourth-order valence-electron chi connectivity index (χ4n) is 3.36. The molecule has 2 fully saturated rings. The van der Waals surface area contributed by atoms with E-state index in [9.17, 15) is 0 Å². The van der Waals surface area contributed by atoms with Gasteiger partial charge in [-0.2, -0.15) is 4.98 Å². The second kappa shape index (κ2) is 7.09. The number of aromatic nitrogens is 2. The first-order chi connectivity index (χ1) is 11.4. The Bertz CT molecular complexity index is 609. The van der Waals surface area contributed by atoms with E-state index in [4.69, 9.17) is 9.26 Å². The van der Waals surface area contributed by atoms with Crippen LogP contribution in [0.2, 0.25) is 0 Å². The van der Waals surface area contributed by atoms with Gasteiger partial charge in [0.25, 0.3) is 0 Å². The maximum atomic E-state index is 5.68. The molecule has 1 atom stereocenters. The predicted octanol–water partition coefficient (Wildman–Crippen LogP) is 2.17. The molecule has 2 aromatic rings. The Morgan fingerprint density at radius 3 is 3.09 bits per heavy atom. The molecule has 0 bridgehead atoms. The van der Waals surface area contributed by atoms with E-state index in [2.05, 4.69) is 20.4 Å². The van der Waals surface area contributed by atoms with Gasteiger partial charge < -0.3 is 14.6 Å². The van der Waals surface area contributed by atoms with Crippen molar-refractivity contribution in [2.45, 2.75) is 18.9 Å². The van der Waals surface area contributed by atoms with Crippen molar-refractivity contribution in [3.05, 3.63) is 23.4 Å². The Labute approximate surface area is 139 Å². The van der Waals surface area contributed by atoms with Gasteiger partial charge in [0.15, 0.2) is 0 Å². The van der Waals surface area contributed by atoms with E-state index < -0.39 is 0 Å². The van der Waals surface area contributed by atoms with E-state index in [1.165, 1.54) is 12.8 Å². The lowest BCUT2D eigenvalue weighted by Gasteiger charge is -2.36. The van der Waals surface area contributed by atoms with Crippen LogP contribution in [0.1, 0.15) is 24.8 Å². The number of thiophene rings is 1. The fraction of sp³-hybridized carbons (Fsp3) is 0.625. The zero-order chi connectivity index (χ0) is 15.5. The molecular weight excluding hydrogens is 312 g/mol. The minimum atomic E-state index is 0.0832. The average molecular weight is 334 g/mol. The molecule has 0 amide bonds. The monoisotopic (exact) mass is 334 g/mol. The first kappa shape index (κ1) is 15.3. The Morgan fingerprint density at radius 2 is 2.26 bits per heavy atom. The summed E-state index contributed by atoms with van der Waals surface area (Å²) >= 11 is 1.63. The number of ether oxygens (including phenoxy) is 1. The molecule has 2 saturated heterocycles. The highest BCUT2D eigenvalue weighted by Crippen LogP contribution is 2.28. The van der Waals surface area contributed by atoms with Gasteiger partial charge >= 0.3 is 0 Å². The van der Waals surface area contributed by atoms with Crippen molar-refractivity contribution in [3.8, 4) is 10.7 Å². The van der Waals surface area contributed by atoms with E-state index >= 15 is 0 Å². The van der Waals surface area contributed by atoms with Crippen LogP contribution in [0.4, 0.5) is 0 Å². The highest BCUT2D eigenvalue weighted by Gasteiger charge is 2.31. The van der Waals surface area contributed by atoms with E-state index in [1.807, 2.05) is 17.5 Å². The third-order valence-corrected chi connectivity index (χ3v) is 5.52. The number of hydrogen-bond donors (Lipinski definition) is 1. The predicted molar refractivity (Wildman–Crippen MR) is 88.3 cm³/mol.